The molecule has 2 aromatic carbocycles. The summed E-state index contributed by atoms with van der Waals surface area (Å²) in [5.74, 6) is 0.973. The molecule has 0 aliphatic carbocycles. The molecule has 4 nitrogen and oxygen atoms in total. The average molecular weight is 234 g/mol. The molecule has 0 saturated heterocycles. The van der Waals surface area contributed by atoms with E-state index in [1.165, 1.54) is 10.8 Å². The fraction of sp³-hybridized carbons (Fsp3) is 0.154. The van der Waals surface area contributed by atoms with Gasteiger partial charge in [-0.3, -0.25) is 0 Å². The molecule has 0 heterocycles. The van der Waals surface area contributed by atoms with Crippen molar-refractivity contribution in [1.82, 2.24) is 0 Å². The van der Waals surface area contributed by atoms with Gasteiger partial charge >= 0.3 is 6.16 Å². The highest BCUT2D eigenvalue weighted by molar-refractivity contribution is 5.88. The summed E-state index contributed by atoms with van der Waals surface area (Å²) in [6.45, 7) is 2.72. The maximum Gasteiger partial charge on any atom is 0.503 e. The Morgan fingerprint density at radius 3 is 2.35 bits per heavy atom. The second-order valence-corrected chi connectivity index (χ2v) is 3.19. The third-order valence-electron chi connectivity index (χ3n) is 2.05. The number of carboxylic acid groups (broad SMARTS) is 2. The largest absolute Gasteiger partial charge is 0.503 e. The van der Waals surface area contributed by atoms with Crippen molar-refractivity contribution in [2.24, 2.45) is 0 Å². The third kappa shape index (κ3) is 4.03. The summed E-state index contributed by atoms with van der Waals surface area (Å²) in [6, 6.07) is 14.4. The summed E-state index contributed by atoms with van der Waals surface area (Å²) in [6.07, 6.45) is -1.83. The van der Waals surface area contributed by atoms with Crippen molar-refractivity contribution < 1.29 is 19.7 Å². The van der Waals surface area contributed by atoms with Crippen LogP contribution in [0.2, 0.25) is 0 Å². The Hall–Kier alpha value is -2.23. The standard InChI is InChI=1S/C12H12O.CH2O3/c1-2-13-12-9-5-7-10-6-3-4-8-11(10)12;2-1(3)4/h3-9H,2H2,1H3;(H2,2,3,4). The maximum absolute atomic E-state index is 8.56. The molecule has 0 saturated carbocycles. The Morgan fingerprint density at radius 1 is 1.12 bits per heavy atom. The first kappa shape index (κ1) is 12.8. The SMILES string of the molecule is CCOc1cccc2ccccc12.O=C(O)O. The van der Waals surface area contributed by atoms with Gasteiger partial charge in [0.1, 0.15) is 5.75 Å². The van der Waals surface area contributed by atoms with Crippen LogP contribution in [0, 0.1) is 0 Å². The van der Waals surface area contributed by atoms with Crippen molar-refractivity contribution in [2.45, 2.75) is 6.92 Å². The summed E-state index contributed by atoms with van der Waals surface area (Å²) in [4.78, 5) is 8.56. The highest BCUT2D eigenvalue weighted by atomic mass is 16.6. The van der Waals surface area contributed by atoms with E-state index < -0.39 is 6.16 Å². The van der Waals surface area contributed by atoms with Gasteiger partial charge in [0.15, 0.2) is 0 Å². The number of carbonyl (C=O) groups is 1. The zero-order valence-electron chi connectivity index (χ0n) is 9.46. The predicted octanol–water partition coefficient (Wildman–Crippen LogP) is 3.46. The maximum atomic E-state index is 8.56. The summed E-state index contributed by atoms with van der Waals surface area (Å²) < 4.78 is 5.52. The van der Waals surface area contributed by atoms with Crippen LogP contribution in [0.15, 0.2) is 42.5 Å². The Balaban J connectivity index is 0.000000317. The van der Waals surface area contributed by atoms with Crippen molar-refractivity contribution >= 4 is 16.9 Å². The lowest BCUT2D eigenvalue weighted by atomic mass is 10.1. The smallest absolute Gasteiger partial charge is 0.493 e. The fourth-order valence-electron chi connectivity index (χ4n) is 1.48. The van der Waals surface area contributed by atoms with Crippen LogP contribution in [0.25, 0.3) is 10.8 Å². The number of ether oxygens (including phenoxy) is 1. The highest BCUT2D eigenvalue weighted by Gasteiger charge is 1.98. The molecule has 0 atom stereocenters. The molecule has 0 radical (unpaired) electrons. The first-order valence-electron chi connectivity index (χ1n) is 5.17. The van der Waals surface area contributed by atoms with Gasteiger partial charge < -0.3 is 14.9 Å². The second-order valence-electron chi connectivity index (χ2n) is 3.19. The molecule has 2 rings (SSSR count). The number of benzene rings is 2. The topological polar surface area (TPSA) is 66.8 Å². The number of rotatable bonds is 2. The monoisotopic (exact) mass is 234 g/mol. The van der Waals surface area contributed by atoms with Crippen molar-refractivity contribution in [1.29, 1.82) is 0 Å². The lowest BCUT2D eigenvalue weighted by Gasteiger charge is -2.06. The quantitative estimate of drug-likeness (QED) is 0.835. The molecule has 0 fully saturated rings. The first-order valence-corrected chi connectivity index (χ1v) is 5.17. The van der Waals surface area contributed by atoms with Gasteiger partial charge in [0.05, 0.1) is 6.61 Å². The molecule has 2 N–H and O–H groups in total. The van der Waals surface area contributed by atoms with Gasteiger partial charge in [-0.1, -0.05) is 36.4 Å². The number of hydrogen-bond donors (Lipinski definition) is 2. The van der Waals surface area contributed by atoms with Crippen LogP contribution in [0.3, 0.4) is 0 Å². The second kappa shape index (κ2) is 6.37. The summed E-state index contributed by atoms with van der Waals surface area (Å²) in [5.41, 5.74) is 0. The van der Waals surface area contributed by atoms with E-state index in [9.17, 15) is 0 Å². The van der Waals surface area contributed by atoms with E-state index in [1.54, 1.807) is 0 Å². The fourth-order valence-corrected chi connectivity index (χ4v) is 1.48. The molecule has 0 spiro atoms. The molecular formula is C13H14O4. The van der Waals surface area contributed by atoms with Crippen molar-refractivity contribution in [2.75, 3.05) is 6.61 Å². The van der Waals surface area contributed by atoms with E-state index in [0.29, 0.717) is 6.61 Å². The molecule has 0 aromatic heterocycles. The van der Waals surface area contributed by atoms with Crippen LogP contribution in [-0.2, 0) is 0 Å². The third-order valence-corrected chi connectivity index (χ3v) is 2.05. The van der Waals surface area contributed by atoms with E-state index >= 15 is 0 Å². The van der Waals surface area contributed by atoms with Crippen LogP contribution in [-0.4, -0.2) is 23.0 Å². The Kier molecular flexibility index (Phi) is 4.81. The van der Waals surface area contributed by atoms with Crippen molar-refractivity contribution in [3.63, 3.8) is 0 Å². The molecule has 2 aromatic rings. The van der Waals surface area contributed by atoms with Gasteiger partial charge in [-0.2, -0.15) is 0 Å². The van der Waals surface area contributed by atoms with Crippen molar-refractivity contribution in [3.05, 3.63) is 42.5 Å². The lowest BCUT2D eigenvalue weighted by molar-refractivity contribution is 0.137. The molecule has 0 aliphatic heterocycles. The van der Waals surface area contributed by atoms with E-state index in [-0.39, 0.29) is 0 Å². The average Bonchev–Trinajstić information content (AvgIpc) is 2.29. The Bertz CT molecular complexity index is 484. The minimum absolute atomic E-state index is 0.716. The van der Waals surface area contributed by atoms with Crippen LogP contribution in [0.5, 0.6) is 5.75 Å². The van der Waals surface area contributed by atoms with E-state index in [0.717, 1.165) is 5.75 Å². The molecule has 4 heteroatoms. The summed E-state index contributed by atoms with van der Waals surface area (Å²) in [5, 5.41) is 16.4. The number of fused-ring (bicyclic) bond motifs is 1. The molecule has 17 heavy (non-hydrogen) atoms. The van der Waals surface area contributed by atoms with Crippen LogP contribution < -0.4 is 4.74 Å². The van der Waals surface area contributed by atoms with E-state index in [2.05, 4.69) is 18.2 Å². The van der Waals surface area contributed by atoms with Gasteiger partial charge in [-0.15, -0.1) is 0 Å². The van der Waals surface area contributed by atoms with Gasteiger partial charge in [0.25, 0.3) is 0 Å². The molecule has 90 valence electrons. The van der Waals surface area contributed by atoms with E-state index in [4.69, 9.17) is 19.7 Å². The highest BCUT2D eigenvalue weighted by Crippen LogP contribution is 2.24. The minimum atomic E-state index is -1.83. The normalized spacial score (nSPS) is 9.24. The summed E-state index contributed by atoms with van der Waals surface area (Å²) >= 11 is 0. The van der Waals surface area contributed by atoms with Gasteiger partial charge in [0.2, 0.25) is 0 Å². The summed E-state index contributed by atoms with van der Waals surface area (Å²) in [7, 11) is 0. The molecule has 0 unspecified atom stereocenters. The molecule has 0 aliphatic rings. The number of hydrogen-bond acceptors (Lipinski definition) is 2. The van der Waals surface area contributed by atoms with E-state index in [1.807, 2.05) is 31.2 Å². The van der Waals surface area contributed by atoms with Crippen LogP contribution >= 0.6 is 0 Å². The molecule has 0 bridgehead atoms. The van der Waals surface area contributed by atoms with Gasteiger partial charge in [0, 0.05) is 5.39 Å². The predicted molar refractivity (Wildman–Crippen MR) is 65.8 cm³/mol. The van der Waals surface area contributed by atoms with Gasteiger partial charge in [-0.25, -0.2) is 4.79 Å². The van der Waals surface area contributed by atoms with Crippen molar-refractivity contribution in [3.8, 4) is 5.75 Å². The Morgan fingerprint density at radius 2 is 1.71 bits per heavy atom. The Labute approximate surface area is 99.1 Å². The first-order chi connectivity index (χ1) is 8.15. The molecular weight excluding hydrogens is 220 g/mol. The van der Waals surface area contributed by atoms with Gasteiger partial charge in [-0.05, 0) is 18.4 Å². The minimum Gasteiger partial charge on any atom is -0.493 e. The zero-order chi connectivity index (χ0) is 12.7. The molecule has 0 amide bonds. The van der Waals surface area contributed by atoms with Crippen LogP contribution in [0.1, 0.15) is 6.92 Å². The zero-order valence-corrected chi connectivity index (χ0v) is 9.46. The lowest BCUT2D eigenvalue weighted by Crippen LogP contribution is -1.91. The van der Waals surface area contributed by atoms with Crippen LogP contribution in [0.4, 0.5) is 4.79 Å².